The number of hydrogen-bond acceptors (Lipinski definition) is 5. The standard InChI is InChI=1S/C16H22N2O5/c1-3-11(2)23-14-8-12(4-5-17-14)16(21)18-6-7-22-10-13(18)9-15(19)20/h4-5,8,11,13H,3,6-7,9-10H2,1-2H3,(H,19,20). The maximum Gasteiger partial charge on any atom is 0.305 e. The first-order chi connectivity index (χ1) is 11.0. The van der Waals surface area contributed by atoms with Crippen molar-refractivity contribution in [3.8, 4) is 5.88 Å². The van der Waals surface area contributed by atoms with Crippen molar-refractivity contribution in [1.82, 2.24) is 9.88 Å². The molecule has 1 aromatic heterocycles. The van der Waals surface area contributed by atoms with E-state index >= 15 is 0 Å². The SMILES string of the molecule is CCC(C)Oc1cc(C(=O)N2CCOCC2CC(=O)O)ccn1. The normalized spacial score (nSPS) is 19.2. The van der Waals surface area contributed by atoms with Gasteiger partial charge in [0.2, 0.25) is 5.88 Å². The lowest BCUT2D eigenvalue weighted by Crippen LogP contribution is -2.49. The summed E-state index contributed by atoms with van der Waals surface area (Å²) >= 11 is 0. The zero-order valence-electron chi connectivity index (χ0n) is 13.4. The smallest absolute Gasteiger partial charge is 0.305 e. The van der Waals surface area contributed by atoms with Crippen LogP contribution in [0, 0.1) is 0 Å². The van der Waals surface area contributed by atoms with Crippen LogP contribution in [-0.2, 0) is 9.53 Å². The molecule has 0 aliphatic carbocycles. The van der Waals surface area contributed by atoms with Gasteiger partial charge in [-0.05, 0) is 19.4 Å². The van der Waals surface area contributed by atoms with Gasteiger partial charge in [0.05, 0.1) is 31.8 Å². The summed E-state index contributed by atoms with van der Waals surface area (Å²) in [6.07, 6.45) is 2.24. The number of rotatable bonds is 6. The molecule has 1 aliphatic rings. The van der Waals surface area contributed by atoms with Crippen molar-refractivity contribution in [3.63, 3.8) is 0 Å². The van der Waals surface area contributed by atoms with Gasteiger partial charge >= 0.3 is 5.97 Å². The second-order valence-corrected chi connectivity index (χ2v) is 5.54. The van der Waals surface area contributed by atoms with Crippen LogP contribution in [0.5, 0.6) is 5.88 Å². The Kier molecular flexibility index (Phi) is 5.92. The fourth-order valence-electron chi connectivity index (χ4n) is 2.36. The molecule has 2 heterocycles. The van der Waals surface area contributed by atoms with Crippen LogP contribution in [0.4, 0.5) is 0 Å². The summed E-state index contributed by atoms with van der Waals surface area (Å²) in [5.74, 6) is -0.780. The van der Waals surface area contributed by atoms with Gasteiger partial charge in [-0.3, -0.25) is 9.59 Å². The molecule has 0 saturated carbocycles. The first-order valence-electron chi connectivity index (χ1n) is 7.74. The first kappa shape index (κ1) is 17.2. The summed E-state index contributed by atoms with van der Waals surface area (Å²) in [6, 6.07) is 2.75. The summed E-state index contributed by atoms with van der Waals surface area (Å²) in [6.45, 7) is 4.95. The fraction of sp³-hybridized carbons (Fsp3) is 0.562. The molecule has 1 aromatic rings. The Labute approximate surface area is 135 Å². The molecule has 1 amide bonds. The van der Waals surface area contributed by atoms with Crippen LogP contribution in [0.2, 0.25) is 0 Å². The number of carbonyl (C=O) groups is 2. The van der Waals surface area contributed by atoms with Gasteiger partial charge in [0.25, 0.3) is 5.91 Å². The Hall–Kier alpha value is -2.15. The Morgan fingerprint density at radius 2 is 2.35 bits per heavy atom. The predicted octanol–water partition coefficient (Wildman–Crippen LogP) is 1.57. The first-order valence-corrected chi connectivity index (χ1v) is 7.74. The third-order valence-electron chi connectivity index (χ3n) is 3.78. The monoisotopic (exact) mass is 322 g/mol. The molecule has 1 N–H and O–H groups in total. The highest BCUT2D eigenvalue weighted by molar-refractivity contribution is 5.95. The second-order valence-electron chi connectivity index (χ2n) is 5.54. The van der Waals surface area contributed by atoms with Gasteiger partial charge in [-0.2, -0.15) is 0 Å². The maximum absolute atomic E-state index is 12.7. The van der Waals surface area contributed by atoms with E-state index in [9.17, 15) is 9.59 Å². The zero-order chi connectivity index (χ0) is 16.8. The molecular formula is C16H22N2O5. The molecule has 0 radical (unpaired) electrons. The highest BCUT2D eigenvalue weighted by Crippen LogP contribution is 2.18. The van der Waals surface area contributed by atoms with Crippen molar-refractivity contribution in [2.75, 3.05) is 19.8 Å². The largest absolute Gasteiger partial charge is 0.481 e. The summed E-state index contributed by atoms with van der Waals surface area (Å²) < 4.78 is 10.9. The average molecular weight is 322 g/mol. The molecule has 0 spiro atoms. The second kappa shape index (κ2) is 7.92. The number of pyridine rings is 1. The van der Waals surface area contributed by atoms with E-state index in [2.05, 4.69) is 4.98 Å². The minimum absolute atomic E-state index is 0.0102. The Bertz CT molecular complexity index is 563. The van der Waals surface area contributed by atoms with Crippen LogP contribution in [0.15, 0.2) is 18.3 Å². The summed E-state index contributed by atoms with van der Waals surface area (Å²) in [5.41, 5.74) is 0.440. The Balaban J connectivity index is 2.14. The van der Waals surface area contributed by atoms with Gasteiger partial charge < -0.3 is 19.5 Å². The molecule has 1 saturated heterocycles. The molecule has 2 atom stereocenters. The van der Waals surface area contributed by atoms with E-state index in [4.69, 9.17) is 14.6 Å². The van der Waals surface area contributed by atoms with Crippen LogP contribution in [-0.4, -0.2) is 58.8 Å². The molecule has 0 aromatic carbocycles. The van der Waals surface area contributed by atoms with Crippen LogP contribution in [0.25, 0.3) is 0 Å². The van der Waals surface area contributed by atoms with Gasteiger partial charge in [0.1, 0.15) is 0 Å². The van der Waals surface area contributed by atoms with Gasteiger partial charge in [0.15, 0.2) is 0 Å². The molecule has 2 unspecified atom stereocenters. The lowest BCUT2D eigenvalue weighted by atomic mass is 10.1. The number of carboxylic acid groups (broad SMARTS) is 1. The number of amides is 1. The van der Waals surface area contributed by atoms with E-state index < -0.39 is 12.0 Å². The molecule has 7 nitrogen and oxygen atoms in total. The van der Waals surface area contributed by atoms with Crippen molar-refractivity contribution in [1.29, 1.82) is 0 Å². The van der Waals surface area contributed by atoms with E-state index in [-0.39, 0.29) is 25.0 Å². The minimum Gasteiger partial charge on any atom is -0.481 e. The van der Waals surface area contributed by atoms with Crippen LogP contribution in [0.3, 0.4) is 0 Å². The number of carboxylic acids is 1. The van der Waals surface area contributed by atoms with E-state index in [1.54, 1.807) is 17.0 Å². The topological polar surface area (TPSA) is 89.0 Å². The number of aromatic nitrogens is 1. The Morgan fingerprint density at radius 3 is 3.04 bits per heavy atom. The van der Waals surface area contributed by atoms with Crippen LogP contribution >= 0.6 is 0 Å². The van der Waals surface area contributed by atoms with Gasteiger partial charge in [-0.25, -0.2) is 4.98 Å². The van der Waals surface area contributed by atoms with Gasteiger partial charge in [0, 0.05) is 24.4 Å². The van der Waals surface area contributed by atoms with Crippen molar-refractivity contribution >= 4 is 11.9 Å². The molecule has 7 heteroatoms. The lowest BCUT2D eigenvalue weighted by Gasteiger charge is -2.34. The van der Waals surface area contributed by atoms with E-state index in [1.807, 2.05) is 13.8 Å². The highest BCUT2D eigenvalue weighted by atomic mass is 16.5. The predicted molar refractivity (Wildman–Crippen MR) is 82.5 cm³/mol. The molecule has 0 bridgehead atoms. The van der Waals surface area contributed by atoms with Crippen molar-refractivity contribution in [2.45, 2.75) is 38.8 Å². The Morgan fingerprint density at radius 1 is 1.57 bits per heavy atom. The molecule has 1 aliphatic heterocycles. The minimum atomic E-state index is -0.950. The molecule has 23 heavy (non-hydrogen) atoms. The van der Waals surface area contributed by atoms with Crippen LogP contribution < -0.4 is 4.74 Å². The summed E-state index contributed by atoms with van der Waals surface area (Å²) in [7, 11) is 0. The third kappa shape index (κ3) is 4.66. The molecule has 1 fully saturated rings. The molecule has 126 valence electrons. The summed E-state index contributed by atoms with van der Waals surface area (Å²) in [5, 5.41) is 8.98. The lowest BCUT2D eigenvalue weighted by molar-refractivity contribution is -0.139. The van der Waals surface area contributed by atoms with Gasteiger partial charge in [-0.1, -0.05) is 6.92 Å². The maximum atomic E-state index is 12.7. The van der Waals surface area contributed by atoms with E-state index in [0.29, 0.717) is 24.6 Å². The molecular weight excluding hydrogens is 300 g/mol. The van der Waals surface area contributed by atoms with E-state index in [1.165, 1.54) is 6.20 Å². The van der Waals surface area contributed by atoms with E-state index in [0.717, 1.165) is 6.42 Å². The fourth-order valence-corrected chi connectivity index (χ4v) is 2.36. The summed E-state index contributed by atoms with van der Waals surface area (Å²) in [4.78, 5) is 29.3. The van der Waals surface area contributed by atoms with Crippen molar-refractivity contribution < 1.29 is 24.2 Å². The van der Waals surface area contributed by atoms with Crippen molar-refractivity contribution in [2.24, 2.45) is 0 Å². The van der Waals surface area contributed by atoms with Crippen molar-refractivity contribution in [3.05, 3.63) is 23.9 Å². The zero-order valence-corrected chi connectivity index (χ0v) is 13.4. The number of hydrogen-bond donors (Lipinski definition) is 1. The van der Waals surface area contributed by atoms with Gasteiger partial charge in [-0.15, -0.1) is 0 Å². The number of ether oxygens (including phenoxy) is 2. The highest BCUT2D eigenvalue weighted by Gasteiger charge is 2.30. The number of carbonyl (C=O) groups excluding carboxylic acids is 1. The number of nitrogens with zero attached hydrogens (tertiary/aromatic N) is 2. The third-order valence-corrected chi connectivity index (χ3v) is 3.78. The number of morpholine rings is 1. The van der Waals surface area contributed by atoms with Crippen LogP contribution in [0.1, 0.15) is 37.0 Å². The molecule has 2 rings (SSSR count). The quantitative estimate of drug-likeness (QED) is 0.855. The number of aliphatic carboxylic acids is 1. The average Bonchev–Trinajstić information content (AvgIpc) is 2.54.